The Morgan fingerprint density at radius 1 is 1.10 bits per heavy atom. The number of aromatic nitrogens is 4. The molecule has 3 fully saturated rings. The number of ether oxygens (including phenoxy) is 2. The number of nitrogens with zero attached hydrogens (tertiary/aromatic N) is 7. The highest BCUT2D eigenvalue weighted by molar-refractivity contribution is 5.84. The average molecular weight is 542 g/mol. The summed E-state index contributed by atoms with van der Waals surface area (Å²) in [5.41, 5.74) is 0.937. The van der Waals surface area contributed by atoms with Gasteiger partial charge in [-0.1, -0.05) is 12.1 Å². The molecule has 11 nitrogen and oxygen atoms in total. The number of morpholine rings is 1. The standard InChI is InChI=1S/C26H29F2N7O4/c1-32-13-16(6-7-22(32)36)25(37)34-14-17(15-34)39-21-12-20(30-26(31-21)33-8-10-38-11-9-33)35-19-5-3-2-4-18(19)29-24(35)23(27)28/h2-5,12,16-17,23H,6-11,13-15H2,1H3. The van der Waals surface area contributed by atoms with Crippen molar-refractivity contribution in [3.8, 4) is 11.7 Å². The van der Waals surface area contributed by atoms with Crippen molar-refractivity contribution in [1.29, 1.82) is 0 Å². The van der Waals surface area contributed by atoms with E-state index in [1.54, 1.807) is 41.1 Å². The van der Waals surface area contributed by atoms with Crippen LogP contribution in [0.2, 0.25) is 0 Å². The van der Waals surface area contributed by atoms with Gasteiger partial charge in [-0.15, -0.1) is 0 Å². The SMILES string of the molecule is CN1CC(C(=O)N2CC(Oc3cc(-n4c(C(F)F)nc5ccccc54)nc(N4CCOCC4)n3)C2)CCC1=O. The molecule has 0 radical (unpaired) electrons. The van der Waals surface area contributed by atoms with E-state index in [0.717, 1.165) is 0 Å². The first kappa shape index (κ1) is 25.4. The molecule has 3 saturated heterocycles. The van der Waals surface area contributed by atoms with Gasteiger partial charge in [0.1, 0.15) is 11.9 Å². The monoisotopic (exact) mass is 541 g/mol. The molecule has 3 aromatic rings. The smallest absolute Gasteiger partial charge is 0.296 e. The molecule has 0 aliphatic carbocycles. The third kappa shape index (κ3) is 4.98. The number of hydrogen-bond donors (Lipinski definition) is 0. The zero-order valence-corrected chi connectivity index (χ0v) is 21.5. The van der Waals surface area contributed by atoms with Crippen LogP contribution in [-0.4, -0.2) is 100 Å². The first-order valence-corrected chi connectivity index (χ1v) is 13.0. The number of carbonyl (C=O) groups excluding carboxylic acids is 2. The number of halogens is 2. The van der Waals surface area contributed by atoms with Crippen LogP contribution in [0.3, 0.4) is 0 Å². The van der Waals surface area contributed by atoms with Crippen LogP contribution in [0, 0.1) is 5.92 Å². The topological polar surface area (TPSA) is 106 Å². The average Bonchev–Trinajstić information content (AvgIpc) is 3.32. The lowest BCUT2D eigenvalue weighted by Gasteiger charge is -2.41. The number of anilines is 1. The summed E-state index contributed by atoms with van der Waals surface area (Å²) in [7, 11) is 1.71. The molecule has 1 aromatic carbocycles. The van der Waals surface area contributed by atoms with Gasteiger partial charge in [0, 0.05) is 39.2 Å². The van der Waals surface area contributed by atoms with Gasteiger partial charge in [-0.3, -0.25) is 14.2 Å². The number of likely N-dealkylation sites (tertiary alicyclic amines) is 2. The second-order valence-corrected chi connectivity index (χ2v) is 10.1. The van der Waals surface area contributed by atoms with Gasteiger partial charge in [0.25, 0.3) is 6.43 Å². The van der Waals surface area contributed by atoms with Gasteiger partial charge in [0.05, 0.1) is 43.3 Å². The quantitative estimate of drug-likeness (QED) is 0.467. The number of rotatable bonds is 6. The van der Waals surface area contributed by atoms with Crippen molar-refractivity contribution in [2.75, 3.05) is 57.9 Å². The van der Waals surface area contributed by atoms with Gasteiger partial charge >= 0.3 is 0 Å². The fourth-order valence-corrected chi connectivity index (χ4v) is 5.25. The molecular formula is C26H29F2N7O4. The molecule has 0 bridgehead atoms. The minimum atomic E-state index is -2.82. The summed E-state index contributed by atoms with van der Waals surface area (Å²) in [6.45, 7) is 3.30. The summed E-state index contributed by atoms with van der Waals surface area (Å²) in [5, 5.41) is 0. The molecule has 1 unspecified atom stereocenters. The molecule has 6 rings (SSSR count). The third-order valence-corrected chi connectivity index (χ3v) is 7.41. The number of imidazole rings is 1. The fourth-order valence-electron chi connectivity index (χ4n) is 5.25. The first-order chi connectivity index (χ1) is 18.9. The lowest BCUT2D eigenvalue weighted by atomic mass is 9.95. The highest BCUT2D eigenvalue weighted by atomic mass is 19.3. The van der Waals surface area contributed by atoms with E-state index in [4.69, 9.17) is 9.47 Å². The molecule has 0 spiro atoms. The van der Waals surface area contributed by atoms with Gasteiger partial charge < -0.3 is 24.2 Å². The summed E-state index contributed by atoms with van der Waals surface area (Å²) in [6, 6.07) is 8.44. The minimum absolute atomic E-state index is 0.0121. The Hall–Kier alpha value is -3.87. The zero-order chi connectivity index (χ0) is 27.1. The van der Waals surface area contributed by atoms with Gasteiger partial charge in [-0.25, -0.2) is 13.8 Å². The number of fused-ring (bicyclic) bond motifs is 1. The van der Waals surface area contributed by atoms with Crippen LogP contribution < -0.4 is 9.64 Å². The summed E-state index contributed by atoms with van der Waals surface area (Å²) >= 11 is 0. The van der Waals surface area contributed by atoms with Crippen LogP contribution >= 0.6 is 0 Å². The molecule has 5 heterocycles. The highest BCUT2D eigenvalue weighted by Crippen LogP contribution is 2.30. The van der Waals surface area contributed by atoms with Crippen LogP contribution in [0.4, 0.5) is 14.7 Å². The van der Waals surface area contributed by atoms with Gasteiger partial charge in [-0.05, 0) is 18.6 Å². The number of alkyl halides is 2. The molecular weight excluding hydrogens is 512 g/mol. The van der Waals surface area contributed by atoms with Crippen LogP contribution in [0.25, 0.3) is 16.9 Å². The Kier molecular flexibility index (Phi) is 6.75. The predicted octanol–water partition coefficient (Wildman–Crippen LogP) is 2.05. The molecule has 206 valence electrons. The number of carbonyl (C=O) groups is 2. The summed E-state index contributed by atoms with van der Waals surface area (Å²) in [6.07, 6.45) is -2.19. The molecule has 2 amide bonds. The number of piperidine rings is 1. The minimum Gasteiger partial charge on any atom is -0.470 e. The van der Waals surface area contributed by atoms with Crippen LogP contribution in [-0.2, 0) is 14.3 Å². The Morgan fingerprint density at radius 3 is 2.62 bits per heavy atom. The van der Waals surface area contributed by atoms with Crippen molar-refractivity contribution < 1.29 is 27.8 Å². The Morgan fingerprint density at radius 2 is 1.87 bits per heavy atom. The molecule has 3 aliphatic rings. The predicted molar refractivity (Wildman–Crippen MR) is 136 cm³/mol. The van der Waals surface area contributed by atoms with E-state index in [9.17, 15) is 18.4 Å². The summed E-state index contributed by atoms with van der Waals surface area (Å²) < 4.78 is 41.1. The maximum absolute atomic E-state index is 14.1. The summed E-state index contributed by atoms with van der Waals surface area (Å²) in [4.78, 5) is 43.3. The highest BCUT2D eigenvalue weighted by Gasteiger charge is 2.38. The van der Waals surface area contributed by atoms with Crippen molar-refractivity contribution in [3.05, 3.63) is 36.2 Å². The van der Waals surface area contributed by atoms with E-state index in [1.807, 2.05) is 4.90 Å². The maximum Gasteiger partial charge on any atom is 0.296 e. The van der Waals surface area contributed by atoms with Crippen molar-refractivity contribution >= 4 is 28.8 Å². The van der Waals surface area contributed by atoms with E-state index in [1.165, 1.54) is 10.6 Å². The van der Waals surface area contributed by atoms with Gasteiger partial charge in [-0.2, -0.15) is 9.97 Å². The largest absolute Gasteiger partial charge is 0.470 e. The van der Waals surface area contributed by atoms with E-state index in [-0.39, 0.29) is 35.5 Å². The molecule has 0 N–H and O–H groups in total. The van der Waals surface area contributed by atoms with E-state index in [0.29, 0.717) is 75.8 Å². The first-order valence-electron chi connectivity index (χ1n) is 13.0. The van der Waals surface area contributed by atoms with Crippen molar-refractivity contribution in [2.45, 2.75) is 25.4 Å². The Bertz CT molecular complexity index is 1390. The number of hydrogen-bond acceptors (Lipinski definition) is 8. The normalized spacial score (nSPS) is 20.6. The number of para-hydroxylation sites is 2. The molecule has 3 aliphatic heterocycles. The fraction of sp³-hybridized carbons (Fsp3) is 0.500. The molecule has 2 aromatic heterocycles. The van der Waals surface area contributed by atoms with E-state index >= 15 is 0 Å². The molecule has 13 heteroatoms. The number of benzene rings is 1. The zero-order valence-electron chi connectivity index (χ0n) is 21.5. The van der Waals surface area contributed by atoms with Crippen molar-refractivity contribution in [2.24, 2.45) is 5.92 Å². The van der Waals surface area contributed by atoms with Gasteiger partial charge in [0.2, 0.25) is 23.6 Å². The summed E-state index contributed by atoms with van der Waals surface area (Å²) in [5.74, 6) is 0.260. The van der Waals surface area contributed by atoms with Crippen LogP contribution in [0.15, 0.2) is 30.3 Å². The lowest BCUT2D eigenvalue weighted by molar-refractivity contribution is -0.149. The van der Waals surface area contributed by atoms with Crippen molar-refractivity contribution in [1.82, 2.24) is 29.3 Å². The third-order valence-electron chi connectivity index (χ3n) is 7.41. The Balaban J connectivity index is 1.25. The molecule has 0 saturated carbocycles. The van der Waals surface area contributed by atoms with Crippen LogP contribution in [0.5, 0.6) is 5.88 Å². The maximum atomic E-state index is 14.1. The second kappa shape index (κ2) is 10.4. The molecule has 1 atom stereocenters. The molecule has 39 heavy (non-hydrogen) atoms. The Labute approximate surface area is 223 Å². The van der Waals surface area contributed by atoms with Crippen molar-refractivity contribution in [3.63, 3.8) is 0 Å². The van der Waals surface area contributed by atoms with E-state index in [2.05, 4.69) is 15.0 Å². The van der Waals surface area contributed by atoms with E-state index < -0.39 is 12.2 Å². The van der Waals surface area contributed by atoms with Gasteiger partial charge in [0.15, 0.2) is 5.82 Å². The number of amides is 2. The second-order valence-electron chi connectivity index (χ2n) is 10.1. The van der Waals surface area contributed by atoms with Crippen LogP contribution in [0.1, 0.15) is 25.1 Å². The lowest BCUT2D eigenvalue weighted by Crippen LogP contribution is -2.59.